The standard InChI is InChI=1S/C18H22BrFN4O/c1-14-16(19)12-21-24(14)7-6-18(25)23-10-8-22(9-11-23)13-15-4-2-3-5-17(15)20/h2-5,12H,6-11,13H2,1H3. The molecule has 0 N–H and O–H groups in total. The zero-order valence-electron chi connectivity index (χ0n) is 14.3. The number of halogens is 2. The number of piperazine rings is 1. The second-order valence-electron chi connectivity index (χ2n) is 6.30. The minimum absolute atomic E-state index is 0.150. The molecule has 5 nitrogen and oxygen atoms in total. The van der Waals surface area contributed by atoms with E-state index in [0.29, 0.717) is 38.2 Å². The third-order valence-electron chi connectivity index (χ3n) is 4.66. The van der Waals surface area contributed by atoms with Crippen LogP contribution in [0.3, 0.4) is 0 Å². The maximum atomic E-state index is 13.7. The third-order valence-corrected chi connectivity index (χ3v) is 5.44. The van der Waals surface area contributed by atoms with E-state index >= 15 is 0 Å². The second-order valence-corrected chi connectivity index (χ2v) is 7.15. The largest absolute Gasteiger partial charge is 0.340 e. The number of aromatic nitrogens is 2. The molecule has 0 spiro atoms. The summed E-state index contributed by atoms with van der Waals surface area (Å²) in [6.45, 7) is 6.08. The first-order chi connectivity index (χ1) is 12.0. The molecule has 0 bridgehead atoms. The van der Waals surface area contributed by atoms with E-state index in [0.717, 1.165) is 23.3 Å². The van der Waals surface area contributed by atoms with Gasteiger partial charge in [-0.1, -0.05) is 18.2 Å². The third kappa shape index (κ3) is 4.46. The van der Waals surface area contributed by atoms with E-state index in [1.54, 1.807) is 12.3 Å². The molecule has 1 aromatic carbocycles. The van der Waals surface area contributed by atoms with Gasteiger partial charge in [0.2, 0.25) is 5.91 Å². The predicted octanol–water partition coefficient (Wildman–Crippen LogP) is 2.83. The van der Waals surface area contributed by atoms with Crippen molar-refractivity contribution in [3.63, 3.8) is 0 Å². The summed E-state index contributed by atoms with van der Waals surface area (Å²) in [4.78, 5) is 16.5. The van der Waals surface area contributed by atoms with E-state index in [-0.39, 0.29) is 11.7 Å². The van der Waals surface area contributed by atoms with Crippen LogP contribution in [0.25, 0.3) is 0 Å². The van der Waals surface area contributed by atoms with Crippen molar-refractivity contribution in [2.24, 2.45) is 0 Å². The topological polar surface area (TPSA) is 41.4 Å². The molecule has 2 heterocycles. The minimum Gasteiger partial charge on any atom is -0.340 e. The molecule has 1 aromatic heterocycles. The average molecular weight is 409 g/mol. The van der Waals surface area contributed by atoms with Crippen LogP contribution in [0.2, 0.25) is 0 Å². The van der Waals surface area contributed by atoms with E-state index in [4.69, 9.17) is 0 Å². The summed E-state index contributed by atoms with van der Waals surface area (Å²) in [5.41, 5.74) is 1.74. The number of hydrogen-bond donors (Lipinski definition) is 0. The Morgan fingerprint density at radius 1 is 1.24 bits per heavy atom. The van der Waals surface area contributed by atoms with Gasteiger partial charge >= 0.3 is 0 Å². The lowest BCUT2D eigenvalue weighted by Crippen LogP contribution is -2.48. The van der Waals surface area contributed by atoms with Gasteiger partial charge < -0.3 is 4.90 Å². The summed E-state index contributed by atoms with van der Waals surface area (Å²) in [6, 6.07) is 6.87. The summed E-state index contributed by atoms with van der Waals surface area (Å²) in [5.74, 6) is -0.0154. The number of carbonyl (C=O) groups excluding carboxylic acids is 1. The fourth-order valence-electron chi connectivity index (χ4n) is 3.03. The number of benzene rings is 1. The molecule has 134 valence electrons. The van der Waals surface area contributed by atoms with E-state index in [2.05, 4.69) is 25.9 Å². The van der Waals surface area contributed by atoms with Crippen LogP contribution in [0.4, 0.5) is 4.39 Å². The molecular weight excluding hydrogens is 387 g/mol. The van der Waals surface area contributed by atoms with Gasteiger partial charge in [0.05, 0.1) is 10.7 Å². The average Bonchev–Trinajstić information content (AvgIpc) is 2.94. The van der Waals surface area contributed by atoms with Gasteiger partial charge in [0.1, 0.15) is 5.82 Å². The number of hydrogen-bond acceptors (Lipinski definition) is 3. The van der Waals surface area contributed by atoms with E-state index in [1.165, 1.54) is 6.07 Å². The highest BCUT2D eigenvalue weighted by atomic mass is 79.9. The Bertz CT molecular complexity index is 740. The molecular formula is C18H22BrFN4O. The molecule has 1 fully saturated rings. The summed E-state index contributed by atoms with van der Waals surface area (Å²) in [6.07, 6.45) is 2.20. The lowest BCUT2D eigenvalue weighted by atomic mass is 10.2. The van der Waals surface area contributed by atoms with E-state index in [1.807, 2.05) is 28.6 Å². The Labute approximate surface area is 155 Å². The Balaban J connectivity index is 1.46. The van der Waals surface area contributed by atoms with Crippen molar-refractivity contribution in [1.29, 1.82) is 0 Å². The summed E-state index contributed by atoms with van der Waals surface area (Å²) in [7, 11) is 0. The van der Waals surface area contributed by atoms with Gasteiger partial charge in [0.15, 0.2) is 0 Å². The van der Waals surface area contributed by atoms with Crippen molar-refractivity contribution >= 4 is 21.8 Å². The first-order valence-corrected chi connectivity index (χ1v) is 9.25. The summed E-state index contributed by atoms with van der Waals surface area (Å²) < 4.78 is 16.5. The van der Waals surface area contributed by atoms with Crippen molar-refractivity contribution in [2.45, 2.75) is 26.4 Å². The second kappa shape index (κ2) is 8.10. The van der Waals surface area contributed by atoms with Crippen LogP contribution in [0.1, 0.15) is 17.7 Å². The maximum Gasteiger partial charge on any atom is 0.224 e. The first-order valence-electron chi connectivity index (χ1n) is 8.46. The van der Waals surface area contributed by atoms with Crippen LogP contribution < -0.4 is 0 Å². The first kappa shape index (κ1) is 18.1. The van der Waals surface area contributed by atoms with Gasteiger partial charge in [-0.2, -0.15) is 5.10 Å². The molecule has 1 aliphatic heterocycles. The number of carbonyl (C=O) groups is 1. The van der Waals surface area contributed by atoms with Crippen molar-refractivity contribution in [1.82, 2.24) is 19.6 Å². The summed E-state index contributed by atoms with van der Waals surface area (Å²) >= 11 is 3.43. The number of rotatable bonds is 5. The lowest BCUT2D eigenvalue weighted by molar-refractivity contribution is -0.133. The number of aryl methyl sites for hydroxylation is 1. The molecule has 1 amide bonds. The number of nitrogens with zero attached hydrogens (tertiary/aromatic N) is 4. The molecule has 1 aliphatic rings. The predicted molar refractivity (Wildman–Crippen MR) is 97.5 cm³/mol. The van der Waals surface area contributed by atoms with Crippen molar-refractivity contribution in [3.05, 3.63) is 52.0 Å². The van der Waals surface area contributed by atoms with Gasteiger partial charge in [0, 0.05) is 56.9 Å². The van der Waals surface area contributed by atoms with Gasteiger partial charge in [-0.15, -0.1) is 0 Å². The normalized spacial score (nSPS) is 15.6. The van der Waals surface area contributed by atoms with Gasteiger partial charge in [-0.05, 0) is 28.9 Å². The molecule has 0 radical (unpaired) electrons. The van der Waals surface area contributed by atoms with Gasteiger partial charge in [-0.25, -0.2) is 4.39 Å². The van der Waals surface area contributed by atoms with Crippen LogP contribution in [-0.2, 0) is 17.9 Å². The Hall–Kier alpha value is -1.73. The molecule has 1 saturated heterocycles. The zero-order valence-corrected chi connectivity index (χ0v) is 15.9. The molecule has 0 aliphatic carbocycles. The van der Waals surface area contributed by atoms with Gasteiger partial charge in [0.25, 0.3) is 0 Å². The van der Waals surface area contributed by atoms with E-state index < -0.39 is 0 Å². The highest BCUT2D eigenvalue weighted by molar-refractivity contribution is 9.10. The highest BCUT2D eigenvalue weighted by Gasteiger charge is 2.21. The zero-order chi connectivity index (χ0) is 17.8. The highest BCUT2D eigenvalue weighted by Crippen LogP contribution is 2.15. The van der Waals surface area contributed by atoms with Gasteiger partial charge in [-0.3, -0.25) is 14.4 Å². The molecule has 0 unspecified atom stereocenters. The smallest absolute Gasteiger partial charge is 0.224 e. The molecule has 3 rings (SSSR count). The fourth-order valence-corrected chi connectivity index (χ4v) is 3.33. The monoisotopic (exact) mass is 408 g/mol. The molecule has 0 atom stereocenters. The van der Waals surface area contributed by atoms with Crippen molar-refractivity contribution in [2.75, 3.05) is 26.2 Å². The fraction of sp³-hybridized carbons (Fsp3) is 0.444. The molecule has 2 aromatic rings. The number of amides is 1. The van der Waals surface area contributed by atoms with Crippen molar-refractivity contribution < 1.29 is 9.18 Å². The van der Waals surface area contributed by atoms with E-state index in [9.17, 15) is 9.18 Å². The Kier molecular flexibility index (Phi) is 5.86. The minimum atomic E-state index is -0.165. The summed E-state index contributed by atoms with van der Waals surface area (Å²) in [5, 5.41) is 4.25. The van der Waals surface area contributed by atoms with Crippen LogP contribution >= 0.6 is 15.9 Å². The Morgan fingerprint density at radius 2 is 1.96 bits per heavy atom. The van der Waals surface area contributed by atoms with Crippen LogP contribution in [0.5, 0.6) is 0 Å². The van der Waals surface area contributed by atoms with Crippen LogP contribution in [0, 0.1) is 12.7 Å². The van der Waals surface area contributed by atoms with Crippen LogP contribution in [0.15, 0.2) is 34.9 Å². The molecule has 7 heteroatoms. The lowest BCUT2D eigenvalue weighted by Gasteiger charge is -2.34. The SMILES string of the molecule is Cc1c(Br)cnn1CCC(=O)N1CCN(Cc2ccccc2F)CC1. The van der Waals surface area contributed by atoms with Crippen LogP contribution in [-0.4, -0.2) is 51.7 Å². The maximum absolute atomic E-state index is 13.7. The molecule has 0 saturated carbocycles. The quantitative estimate of drug-likeness (QED) is 0.763. The Morgan fingerprint density at radius 3 is 2.60 bits per heavy atom. The molecule has 25 heavy (non-hydrogen) atoms. The van der Waals surface area contributed by atoms with Crippen molar-refractivity contribution in [3.8, 4) is 0 Å².